The van der Waals surface area contributed by atoms with Gasteiger partial charge < -0.3 is 4.74 Å². The molecule has 9 heavy (non-hydrogen) atoms. The van der Waals surface area contributed by atoms with E-state index in [1.54, 1.807) is 0 Å². The van der Waals surface area contributed by atoms with Crippen LogP contribution in [-0.4, -0.2) is 19.4 Å². The van der Waals surface area contributed by atoms with E-state index in [1.165, 1.54) is 6.42 Å². The smallest absolute Gasteiger partial charge is 0.0497 e. The highest BCUT2D eigenvalue weighted by Crippen LogP contribution is 2.06. The van der Waals surface area contributed by atoms with Gasteiger partial charge >= 0.3 is 0 Å². The van der Waals surface area contributed by atoms with E-state index in [-0.39, 0.29) is 0 Å². The second kappa shape index (κ2) is 6.51. The van der Waals surface area contributed by atoms with E-state index in [4.69, 9.17) is 4.74 Å². The Labute approximate surface area is 60.4 Å². The number of hydrogen-bond acceptors (Lipinski definition) is 1. The van der Waals surface area contributed by atoms with Crippen LogP contribution in [0.2, 0.25) is 0 Å². The van der Waals surface area contributed by atoms with Gasteiger partial charge in [-0.05, 0) is 19.0 Å². The fourth-order valence-corrected chi connectivity index (χ4v) is 1.11. The van der Waals surface area contributed by atoms with Crippen molar-refractivity contribution in [3.05, 3.63) is 0 Å². The van der Waals surface area contributed by atoms with E-state index in [0.717, 1.165) is 25.3 Å². The van der Waals surface area contributed by atoms with Gasteiger partial charge in [-0.3, -0.25) is 0 Å². The van der Waals surface area contributed by atoms with Crippen molar-refractivity contribution in [2.24, 2.45) is 5.92 Å². The van der Waals surface area contributed by atoms with Crippen LogP contribution in [0.15, 0.2) is 0 Å². The highest BCUT2D eigenvalue weighted by Gasteiger charge is 2.00. The summed E-state index contributed by atoms with van der Waals surface area (Å²) in [6.07, 6.45) is 2.39. The summed E-state index contributed by atoms with van der Waals surface area (Å²) < 4.78 is 5.26. The Hall–Kier alpha value is 0.390. The van der Waals surface area contributed by atoms with Gasteiger partial charge in [-0.25, -0.2) is 0 Å². The Morgan fingerprint density at radius 3 is 2.44 bits per heavy atom. The summed E-state index contributed by atoms with van der Waals surface area (Å²) in [4.78, 5) is 0. The van der Waals surface area contributed by atoms with Crippen LogP contribution in [-0.2, 0) is 4.74 Å². The SMILES string of the molecule is CCOCC(CC)CP. The molecule has 0 aliphatic heterocycles. The summed E-state index contributed by atoms with van der Waals surface area (Å²) in [6, 6.07) is 0. The van der Waals surface area contributed by atoms with Gasteiger partial charge in [0.25, 0.3) is 0 Å². The molecule has 0 rings (SSSR count). The quantitative estimate of drug-likeness (QED) is 0.541. The van der Waals surface area contributed by atoms with E-state index in [2.05, 4.69) is 16.2 Å². The minimum atomic E-state index is 0.745. The second-order valence-corrected chi connectivity index (χ2v) is 2.64. The Balaban J connectivity index is 3.09. The highest BCUT2D eigenvalue weighted by atomic mass is 31.0. The van der Waals surface area contributed by atoms with Gasteiger partial charge in [-0.1, -0.05) is 13.3 Å². The van der Waals surface area contributed by atoms with Crippen LogP contribution in [0.3, 0.4) is 0 Å². The first-order valence-electron chi connectivity index (χ1n) is 3.62. The van der Waals surface area contributed by atoms with E-state index in [9.17, 15) is 0 Å². The third kappa shape index (κ3) is 4.87. The van der Waals surface area contributed by atoms with E-state index in [0.29, 0.717) is 0 Å². The molecule has 0 bridgehead atoms. The molecule has 0 fully saturated rings. The molecule has 0 aromatic heterocycles. The zero-order valence-corrected chi connectivity index (χ0v) is 7.55. The highest BCUT2D eigenvalue weighted by molar-refractivity contribution is 7.16. The van der Waals surface area contributed by atoms with Crippen molar-refractivity contribution < 1.29 is 4.74 Å². The maximum Gasteiger partial charge on any atom is 0.0497 e. The van der Waals surface area contributed by atoms with Gasteiger partial charge in [0.1, 0.15) is 0 Å². The average molecular weight is 148 g/mol. The van der Waals surface area contributed by atoms with Gasteiger partial charge in [-0.2, -0.15) is 0 Å². The summed E-state index contributed by atoms with van der Waals surface area (Å²) in [5.41, 5.74) is 0. The third-order valence-corrected chi connectivity index (χ3v) is 2.14. The topological polar surface area (TPSA) is 9.23 Å². The van der Waals surface area contributed by atoms with E-state index >= 15 is 0 Å². The van der Waals surface area contributed by atoms with Crippen molar-refractivity contribution in [2.45, 2.75) is 20.3 Å². The standard InChI is InChI=1S/C7H17OP/c1-3-7(6-9)5-8-4-2/h7H,3-6,9H2,1-2H3. The fraction of sp³-hybridized carbons (Fsp3) is 1.00. The molecule has 0 spiro atoms. The van der Waals surface area contributed by atoms with Crippen LogP contribution in [0.4, 0.5) is 0 Å². The molecule has 0 N–H and O–H groups in total. The van der Waals surface area contributed by atoms with Crippen molar-refractivity contribution in [1.29, 1.82) is 0 Å². The zero-order chi connectivity index (χ0) is 7.11. The molecule has 0 aromatic carbocycles. The molecule has 0 aromatic rings. The van der Waals surface area contributed by atoms with Crippen molar-refractivity contribution in [1.82, 2.24) is 0 Å². The molecule has 2 atom stereocenters. The predicted molar refractivity (Wildman–Crippen MR) is 44.9 cm³/mol. The van der Waals surface area contributed by atoms with Crippen molar-refractivity contribution in [3.63, 3.8) is 0 Å². The summed E-state index contributed by atoms with van der Waals surface area (Å²) in [5.74, 6) is 0.745. The van der Waals surface area contributed by atoms with Crippen LogP contribution < -0.4 is 0 Å². The average Bonchev–Trinajstić information content (AvgIpc) is 1.91. The second-order valence-electron chi connectivity index (χ2n) is 2.17. The van der Waals surface area contributed by atoms with Crippen LogP contribution in [0.1, 0.15) is 20.3 Å². The molecule has 0 radical (unpaired) electrons. The maximum absolute atomic E-state index is 5.26. The molecule has 0 saturated heterocycles. The first-order chi connectivity index (χ1) is 4.35. The van der Waals surface area contributed by atoms with Crippen LogP contribution in [0.5, 0.6) is 0 Å². The molecule has 0 heterocycles. The first kappa shape index (κ1) is 9.39. The van der Waals surface area contributed by atoms with Gasteiger partial charge in [0.05, 0.1) is 0 Å². The molecular formula is C7H17OP. The summed E-state index contributed by atoms with van der Waals surface area (Å²) >= 11 is 0. The Morgan fingerprint density at radius 2 is 2.11 bits per heavy atom. The molecule has 1 nitrogen and oxygen atoms in total. The number of ether oxygens (including phenoxy) is 1. The minimum absolute atomic E-state index is 0.745. The Bertz CT molecular complexity index is 52.9. The van der Waals surface area contributed by atoms with Crippen molar-refractivity contribution in [2.75, 3.05) is 19.4 Å². The zero-order valence-electron chi connectivity index (χ0n) is 6.39. The normalized spacial score (nSPS) is 13.7. The van der Waals surface area contributed by atoms with Gasteiger partial charge in [0.15, 0.2) is 0 Å². The van der Waals surface area contributed by atoms with Crippen LogP contribution in [0.25, 0.3) is 0 Å². The van der Waals surface area contributed by atoms with Crippen LogP contribution in [0, 0.1) is 5.92 Å². The van der Waals surface area contributed by atoms with E-state index < -0.39 is 0 Å². The summed E-state index contributed by atoms with van der Waals surface area (Å²) in [7, 11) is 2.75. The number of hydrogen-bond donors (Lipinski definition) is 0. The van der Waals surface area contributed by atoms with Gasteiger partial charge in [-0.15, -0.1) is 9.24 Å². The monoisotopic (exact) mass is 148 g/mol. The summed E-state index contributed by atoms with van der Waals surface area (Å²) in [6.45, 7) is 6.01. The lowest BCUT2D eigenvalue weighted by Crippen LogP contribution is -2.09. The Kier molecular flexibility index (Phi) is 6.79. The first-order valence-corrected chi connectivity index (χ1v) is 4.44. The maximum atomic E-state index is 5.26. The van der Waals surface area contributed by atoms with Crippen molar-refractivity contribution in [3.8, 4) is 0 Å². The van der Waals surface area contributed by atoms with E-state index in [1.807, 2.05) is 6.92 Å². The largest absolute Gasteiger partial charge is 0.381 e. The number of rotatable bonds is 5. The molecule has 2 unspecified atom stereocenters. The third-order valence-electron chi connectivity index (χ3n) is 1.47. The fourth-order valence-electron chi connectivity index (χ4n) is 0.637. The van der Waals surface area contributed by atoms with Crippen LogP contribution >= 0.6 is 9.24 Å². The predicted octanol–water partition coefficient (Wildman–Crippen LogP) is 1.92. The lowest BCUT2D eigenvalue weighted by atomic mass is 10.1. The molecule has 0 aliphatic rings. The van der Waals surface area contributed by atoms with Crippen molar-refractivity contribution >= 4 is 9.24 Å². The Morgan fingerprint density at radius 1 is 1.44 bits per heavy atom. The lowest BCUT2D eigenvalue weighted by molar-refractivity contribution is 0.116. The molecule has 0 amide bonds. The molecule has 56 valence electrons. The molecular weight excluding hydrogens is 131 g/mol. The van der Waals surface area contributed by atoms with Gasteiger partial charge in [0, 0.05) is 13.2 Å². The molecule has 0 saturated carbocycles. The summed E-state index contributed by atoms with van der Waals surface area (Å²) in [5, 5.41) is 0. The minimum Gasteiger partial charge on any atom is -0.381 e. The molecule has 0 aliphatic carbocycles. The lowest BCUT2D eigenvalue weighted by Gasteiger charge is -2.10. The van der Waals surface area contributed by atoms with Gasteiger partial charge in [0.2, 0.25) is 0 Å². The molecule has 2 heteroatoms.